The van der Waals surface area contributed by atoms with Crippen LogP contribution in [0.1, 0.15) is 20.3 Å². The molecule has 11 heavy (non-hydrogen) atoms. The van der Waals surface area contributed by atoms with E-state index in [0.29, 0.717) is 5.71 Å². The summed E-state index contributed by atoms with van der Waals surface area (Å²) in [5.41, 5.74) is 2.69. The Hall–Kier alpha value is -1.36. The summed E-state index contributed by atoms with van der Waals surface area (Å²) in [5, 5.41) is 8.57. The first kappa shape index (κ1) is 7.74. The molecule has 0 aromatic carbocycles. The lowest BCUT2D eigenvalue weighted by Crippen LogP contribution is -1.86. The molecule has 1 aliphatic rings. The smallest absolute Gasteiger partial charge is 0.140 e. The third kappa shape index (κ3) is 1.78. The molecule has 0 atom stereocenters. The highest BCUT2D eigenvalue weighted by Crippen LogP contribution is 2.13. The van der Waals surface area contributed by atoms with Crippen molar-refractivity contribution in [2.24, 2.45) is 4.99 Å². The van der Waals surface area contributed by atoms with Crippen LogP contribution in [-0.4, -0.2) is 5.71 Å². The van der Waals surface area contributed by atoms with Crippen LogP contribution in [-0.2, 0) is 0 Å². The average Bonchev–Trinajstić information content (AvgIpc) is 2.15. The largest absolute Gasteiger partial charge is 0.243 e. The molecule has 0 amide bonds. The zero-order valence-corrected chi connectivity index (χ0v) is 6.76. The molecule has 0 aromatic rings. The molecule has 2 heteroatoms. The summed E-state index contributed by atoms with van der Waals surface area (Å²) in [7, 11) is 0. The van der Waals surface area contributed by atoms with Crippen molar-refractivity contribution in [3.05, 3.63) is 23.4 Å². The van der Waals surface area contributed by atoms with Gasteiger partial charge in [-0.2, -0.15) is 5.26 Å². The van der Waals surface area contributed by atoms with Crippen molar-refractivity contribution >= 4 is 5.71 Å². The number of hydrogen-bond acceptors (Lipinski definition) is 2. The zero-order chi connectivity index (χ0) is 8.27. The molecule has 0 aromatic heterocycles. The number of nitrogens with zero attached hydrogens (tertiary/aromatic N) is 2. The number of nitriles is 1. The van der Waals surface area contributed by atoms with Gasteiger partial charge in [0.2, 0.25) is 0 Å². The lowest BCUT2D eigenvalue weighted by molar-refractivity contribution is 1.12. The van der Waals surface area contributed by atoms with Crippen molar-refractivity contribution in [1.29, 1.82) is 5.26 Å². The molecule has 0 spiro atoms. The fraction of sp³-hybridized carbons (Fsp3) is 0.333. The van der Waals surface area contributed by atoms with Gasteiger partial charge in [-0.3, -0.25) is 0 Å². The molecule has 0 bridgehead atoms. The van der Waals surface area contributed by atoms with E-state index in [9.17, 15) is 0 Å². The van der Waals surface area contributed by atoms with Crippen LogP contribution in [0, 0.1) is 11.3 Å². The number of hydrogen-bond donors (Lipinski definition) is 0. The summed E-state index contributed by atoms with van der Waals surface area (Å²) in [6.07, 6.45) is 4.63. The Bertz CT molecular complexity index is 287. The number of aliphatic imine (C=N–C) groups is 1. The first-order chi connectivity index (χ1) is 5.24. The number of rotatable bonds is 0. The summed E-state index contributed by atoms with van der Waals surface area (Å²) in [4.78, 5) is 4.12. The lowest BCUT2D eigenvalue weighted by atomic mass is 10.2. The van der Waals surface area contributed by atoms with Crippen LogP contribution in [0.2, 0.25) is 0 Å². The third-order valence-corrected chi connectivity index (χ3v) is 1.72. The van der Waals surface area contributed by atoms with Crippen molar-refractivity contribution in [2.45, 2.75) is 20.3 Å². The third-order valence-electron chi connectivity index (χ3n) is 1.72. The van der Waals surface area contributed by atoms with Gasteiger partial charge in [0, 0.05) is 5.70 Å². The standard InChI is InChI=1S/C9H10N2/c1-7-4-3-5-9(6-10)11-8(7)2/h3,5H,4H2,1-2H3. The molecule has 1 heterocycles. The zero-order valence-electron chi connectivity index (χ0n) is 6.76. The molecule has 0 saturated carbocycles. The molecule has 0 unspecified atom stereocenters. The van der Waals surface area contributed by atoms with Gasteiger partial charge in [0.15, 0.2) is 0 Å². The van der Waals surface area contributed by atoms with E-state index >= 15 is 0 Å². The Morgan fingerprint density at radius 3 is 2.91 bits per heavy atom. The van der Waals surface area contributed by atoms with Gasteiger partial charge in [-0.15, -0.1) is 0 Å². The van der Waals surface area contributed by atoms with Crippen molar-refractivity contribution in [1.82, 2.24) is 0 Å². The highest BCUT2D eigenvalue weighted by atomic mass is 14.8. The van der Waals surface area contributed by atoms with Crippen molar-refractivity contribution in [3.63, 3.8) is 0 Å². The highest BCUT2D eigenvalue weighted by molar-refractivity contribution is 6.07. The van der Waals surface area contributed by atoms with E-state index in [1.807, 2.05) is 26.0 Å². The van der Waals surface area contributed by atoms with E-state index in [-0.39, 0.29) is 0 Å². The first-order valence-corrected chi connectivity index (χ1v) is 3.55. The Kier molecular flexibility index (Phi) is 2.22. The number of allylic oxidation sites excluding steroid dienone is 4. The molecule has 0 saturated heterocycles. The second kappa shape index (κ2) is 3.16. The van der Waals surface area contributed by atoms with Gasteiger partial charge in [-0.25, -0.2) is 4.99 Å². The normalized spacial score (nSPS) is 17.4. The summed E-state index contributed by atoms with van der Waals surface area (Å²) in [6.45, 7) is 3.96. The van der Waals surface area contributed by atoms with Crippen molar-refractivity contribution in [2.75, 3.05) is 0 Å². The summed E-state index contributed by atoms with van der Waals surface area (Å²) in [5.74, 6) is 0. The van der Waals surface area contributed by atoms with Crippen molar-refractivity contribution in [3.8, 4) is 6.07 Å². The average molecular weight is 146 g/mol. The second-order valence-corrected chi connectivity index (χ2v) is 2.58. The molecule has 1 rings (SSSR count). The van der Waals surface area contributed by atoms with Gasteiger partial charge in [0.05, 0.1) is 0 Å². The molecule has 0 aliphatic carbocycles. The summed E-state index contributed by atoms with van der Waals surface area (Å²) >= 11 is 0. The maximum atomic E-state index is 8.57. The minimum Gasteiger partial charge on any atom is -0.243 e. The molecule has 1 aliphatic heterocycles. The van der Waals surface area contributed by atoms with E-state index in [0.717, 1.165) is 12.1 Å². The molecule has 0 radical (unpaired) electrons. The predicted molar refractivity (Wildman–Crippen MR) is 45.2 cm³/mol. The fourth-order valence-electron chi connectivity index (χ4n) is 0.871. The van der Waals surface area contributed by atoms with Crippen LogP contribution in [0.25, 0.3) is 0 Å². The highest BCUT2D eigenvalue weighted by Gasteiger charge is 2.00. The maximum absolute atomic E-state index is 8.57. The molecule has 56 valence electrons. The monoisotopic (exact) mass is 146 g/mol. The van der Waals surface area contributed by atoms with Gasteiger partial charge in [0.25, 0.3) is 0 Å². The van der Waals surface area contributed by atoms with Crippen LogP contribution >= 0.6 is 0 Å². The van der Waals surface area contributed by atoms with Crippen LogP contribution in [0.4, 0.5) is 0 Å². The first-order valence-electron chi connectivity index (χ1n) is 3.55. The van der Waals surface area contributed by atoms with Gasteiger partial charge in [0.1, 0.15) is 11.8 Å². The Balaban J connectivity index is 3.04. The fourth-order valence-corrected chi connectivity index (χ4v) is 0.871. The summed E-state index contributed by atoms with van der Waals surface area (Å²) in [6, 6.07) is 2.02. The van der Waals surface area contributed by atoms with Crippen LogP contribution < -0.4 is 0 Å². The Labute approximate surface area is 66.6 Å². The lowest BCUT2D eigenvalue weighted by Gasteiger charge is -1.95. The van der Waals surface area contributed by atoms with Gasteiger partial charge in [-0.05, 0) is 31.9 Å². The van der Waals surface area contributed by atoms with Crippen molar-refractivity contribution < 1.29 is 0 Å². The van der Waals surface area contributed by atoms with Gasteiger partial charge in [-0.1, -0.05) is 6.08 Å². The summed E-state index contributed by atoms with van der Waals surface area (Å²) < 4.78 is 0. The van der Waals surface area contributed by atoms with Crippen LogP contribution in [0.15, 0.2) is 28.4 Å². The van der Waals surface area contributed by atoms with E-state index in [4.69, 9.17) is 5.26 Å². The molecular weight excluding hydrogens is 136 g/mol. The van der Waals surface area contributed by atoms with Gasteiger partial charge < -0.3 is 0 Å². The van der Waals surface area contributed by atoms with E-state index in [1.165, 1.54) is 5.57 Å². The van der Waals surface area contributed by atoms with E-state index in [2.05, 4.69) is 4.99 Å². The SMILES string of the molecule is CC1=C(C)N=C(C#N)C=CC1. The molecular formula is C9H10N2. The Morgan fingerprint density at radius 1 is 1.55 bits per heavy atom. The maximum Gasteiger partial charge on any atom is 0.140 e. The molecule has 0 N–H and O–H groups in total. The van der Waals surface area contributed by atoms with Crippen LogP contribution in [0.3, 0.4) is 0 Å². The topological polar surface area (TPSA) is 36.1 Å². The quantitative estimate of drug-likeness (QED) is 0.516. The molecule has 2 nitrogen and oxygen atoms in total. The van der Waals surface area contributed by atoms with E-state index < -0.39 is 0 Å². The Morgan fingerprint density at radius 2 is 2.27 bits per heavy atom. The van der Waals surface area contributed by atoms with Crippen LogP contribution in [0.5, 0.6) is 0 Å². The molecule has 0 fully saturated rings. The predicted octanol–water partition coefficient (Wildman–Crippen LogP) is 2.20. The van der Waals surface area contributed by atoms with E-state index in [1.54, 1.807) is 6.08 Å². The van der Waals surface area contributed by atoms with Gasteiger partial charge >= 0.3 is 0 Å². The second-order valence-electron chi connectivity index (χ2n) is 2.58. The minimum absolute atomic E-state index is 0.499. The minimum atomic E-state index is 0.499.